The molecule has 0 fully saturated rings. The second-order valence-electron chi connectivity index (χ2n) is 4.56. The molecule has 96 valence electrons. The number of fused-ring (bicyclic) bond motifs is 2. The minimum atomic E-state index is 0.751. The summed E-state index contributed by atoms with van der Waals surface area (Å²) in [5.41, 5.74) is 2.60. The van der Waals surface area contributed by atoms with Crippen LogP contribution in [-0.4, -0.2) is 9.78 Å². The van der Waals surface area contributed by atoms with Gasteiger partial charge in [0.1, 0.15) is 17.5 Å². The first-order valence-corrected chi connectivity index (χ1v) is 6.69. The van der Waals surface area contributed by atoms with Gasteiger partial charge in [-0.15, -0.1) is 0 Å². The van der Waals surface area contributed by atoms with E-state index in [-0.39, 0.29) is 0 Å². The molecule has 3 nitrogen and oxygen atoms in total. The Balaban J connectivity index is 2.08. The van der Waals surface area contributed by atoms with Crippen molar-refractivity contribution in [1.82, 2.24) is 9.78 Å². The molecule has 4 heteroatoms. The van der Waals surface area contributed by atoms with E-state index in [1.165, 1.54) is 0 Å². The van der Waals surface area contributed by atoms with Crippen molar-refractivity contribution in [3.8, 4) is 5.69 Å². The highest BCUT2D eigenvalue weighted by molar-refractivity contribution is 7.71. The van der Waals surface area contributed by atoms with Crippen LogP contribution in [0.3, 0.4) is 0 Å². The Morgan fingerprint density at radius 1 is 1.00 bits per heavy atom. The van der Waals surface area contributed by atoms with Crippen LogP contribution in [0.4, 0.5) is 0 Å². The maximum Gasteiger partial charge on any atom is 0.135 e. The van der Waals surface area contributed by atoms with E-state index >= 15 is 0 Å². The molecule has 0 unspecified atom stereocenters. The molecule has 0 N–H and O–H groups in total. The molecule has 0 radical (unpaired) electrons. The lowest BCUT2D eigenvalue weighted by Crippen LogP contribution is -1.97. The lowest BCUT2D eigenvalue weighted by atomic mass is 10.2. The molecular formula is C16H10N2OS. The number of aromatic nitrogens is 2. The van der Waals surface area contributed by atoms with Crippen LogP contribution in [0.1, 0.15) is 0 Å². The van der Waals surface area contributed by atoms with Crippen molar-refractivity contribution in [2.24, 2.45) is 0 Å². The molecule has 0 bridgehead atoms. The fourth-order valence-electron chi connectivity index (χ4n) is 2.38. The van der Waals surface area contributed by atoms with E-state index in [4.69, 9.17) is 16.6 Å². The molecule has 0 aliphatic rings. The summed E-state index contributed by atoms with van der Waals surface area (Å²) in [6, 6.07) is 15.8. The zero-order valence-electron chi connectivity index (χ0n) is 10.5. The van der Waals surface area contributed by atoms with E-state index in [0.29, 0.717) is 0 Å². The highest BCUT2D eigenvalue weighted by Gasteiger charge is 2.09. The zero-order valence-corrected chi connectivity index (χ0v) is 11.3. The number of rotatable bonds is 1. The first kappa shape index (κ1) is 11.4. The smallest absolute Gasteiger partial charge is 0.135 e. The first-order chi connectivity index (χ1) is 9.84. The average molecular weight is 278 g/mol. The Hall–Kier alpha value is -2.46. The van der Waals surface area contributed by atoms with Crippen LogP contribution >= 0.6 is 12.2 Å². The highest BCUT2D eigenvalue weighted by atomic mass is 32.1. The molecular weight excluding hydrogens is 268 g/mol. The van der Waals surface area contributed by atoms with Crippen LogP contribution in [0, 0.1) is 4.51 Å². The molecule has 0 saturated carbocycles. The minimum absolute atomic E-state index is 0.751. The summed E-state index contributed by atoms with van der Waals surface area (Å²) in [6.07, 6.45) is 3.50. The van der Waals surface area contributed by atoms with Gasteiger partial charge in [0.25, 0.3) is 0 Å². The van der Waals surface area contributed by atoms with Crippen LogP contribution in [0.2, 0.25) is 0 Å². The SMILES string of the molecule is S=c1c(-n2ncc3ccccc32)coc2ccccc12. The quantitative estimate of drug-likeness (QED) is 0.480. The van der Waals surface area contributed by atoms with Gasteiger partial charge in [0.15, 0.2) is 0 Å². The van der Waals surface area contributed by atoms with Crippen LogP contribution in [-0.2, 0) is 0 Å². The van der Waals surface area contributed by atoms with Crippen LogP contribution in [0.5, 0.6) is 0 Å². The summed E-state index contributed by atoms with van der Waals surface area (Å²) >= 11 is 5.58. The summed E-state index contributed by atoms with van der Waals surface area (Å²) in [5, 5.41) is 6.43. The molecule has 20 heavy (non-hydrogen) atoms. The Morgan fingerprint density at radius 2 is 1.80 bits per heavy atom. The standard InChI is InChI=1S/C16H10N2OS/c20-16-12-6-2-4-8-15(12)19-10-14(16)18-13-7-3-1-5-11(13)9-17-18/h1-10H. The molecule has 0 saturated heterocycles. The van der Waals surface area contributed by atoms with Crippen molar-refractivity contribution in [2.75, 3.05) is 0 Å². The summed E-state index contributed by atoms with van der Waals surface area (Å²) in [7, 11) is 0. The predicted octanol–water partition coefficient (Wildman–Crippen LogP) is 4.50. The number of para-hydroxylation sites is 2. The van der Waals surface area contributed by atoms with Crippen molar-refractivity contribution < 1.29 is 4.42 Å². The van der Waals surface area contributed by atoms with Crippen molar-refractivity contribution in [1.29, 1.82) is 0 Å². The fraction of sp³-hybridized carbons (Fsp3) is 0. The molecule has 4 rings (SSSR count). The van der Waals surface area contributed by atoms with E-state index in [0.717, 1.165) is 32.1 Å². The van der Waals surface area contributed by atoms with Crippen molar-refractivity contribution in [2.45, 2.75) is 0 Å². The average Bonchev–Trinajstić information content (AvgIpc) is 2.92. The third kappa shape index (κ3) is 1.58. The second kappa shape index (κ2) is 4.28. The first-order valence-electron chi connectivity index (χ1n) is 6.28. The van der Waals surface area contributed by atoms with Gasteiger partial charge in [-0.1, -0.05) is 42.5 Å². The molecule has 2 aromatic heterocycles. The summed E-state index contributed by atoms with van der Waals surface area (Å²) in [4.78, 5) is 0. The van der Waals surface area contributed by atoms with Gasteiger partial charge in [0, 0.05) is 10.8 Å². The van der Waals surface area contributed by atoms with Gasteiger partial charge in [0.05, 0.1) is 16.2 Å². The molecule has 0 aliphatic carbocycles. The second-order valence-corrected chi connectivity index (χ2v) is 4.97. The topological polar surface area (TPSA) is 31.0 Å². The normalized spacial score (nSPS) is 11.2. The van der Waals surface area contributed by atoms with Gasteiger partial charge in [-0.3, -0.25) is 0 Å². The van der Waals surface area contributed by atoms with Crippen molar-refractivity contribution >= 4 is 34.1 Å². The monoisotopic (exact) mass is 278 g/mol. The molecule has 2 heterocycles. The number of hydrogen-bond donors (Lipinski definition) is 0. The molecule has 0 amide bonds. The van der Waals surface area contributed by atoms with Crippen LogP contribution < -0.4 is 0 Å². The van der Waals surface area contributed by atoms with E-state index < -0.39 is 0 Å². The molecule has 0 aliphatic heterocycles. The van der Waals surface area contributed by atoms with Crippen molar-refractivity contribution in [3.63, 3.8) is 0 Å². The lowest BCUT2D eigenvalue weighted by molar-refractivity contribution is 0.596. The maximum absolute atomic E-state index is 5.67. The van der Waals surface area contributed by atoms with E-state index in [1.54, 1.807) is 6.26 Å². The third-order valence-corrected chi connectivity index (χ3v) is 3.80. The largest absolute Gasteiger partial charge is 0.462 e. The van der Waals surface area contributed by atoms with Crippen LogP contribution in [0.15, 0.2) is 65.4 Å². The van der Waals surface area contributed by atoms with Crippen molar-refractivity contribution in [3.05, 3.63) is 65.5 Å². The zero-order chi connectivity index (χ0) is 13.5. The summed E-state index contributed by atoms with van der Waals surface area (Å²) < 4.78 is 8.25. The Labute approximate surface area is 120 Å². The molecule has 0 spiro atoms. The highest BCUT2D eigenvalue weighted by Crippen LogP contribution is 2.24. The van der Waals surface area contributed by atoms with Gasteiger partial charge in [-0.25, -0.2) is 4.68 Å². The fourth-order valence-corrected chi connectivity index (χ4v) is 2.68. The Kier molecular flexibility index (Phi) is 2.44. The van der Waals surface area contributed by atoms with E-state index in [9.17, 15) is 0 Å². The van der Waals surface area contributed by atoms with E-state index in [2.05, 4.69) is 5.10 Å². The molecule has 0 atom stereocenters. The Morgan fingerprint density at radius 3 is 2.75 bits per heavy atom. The summed E-state index contributed by atoms with van der Waals surface area (Å²) in [6.45, 7) is 0. The van der Waals surface area contributed by atoms with Crippen LogP contribution in [0.25, 0.3) is 27.6 Å². The number of benzene rings is 2. The van der Waals surface area contributed by atoms with Gasteiger partial charge in [-0.05, 0) is 18.2 Å². The maximum atomic E-state index is 5.67. The number of nitrogens with zero attached hydrogens (tertiary/aromatic N) is 2. The van der Waals surface area contributed by atoms with Gasteiger partial charge in [-0.2, -0.15) is 5.10 Å². The summed E-state index contributed by atoms with van der Waals surface area (Å²) in [5.74, 6) is 0. The van der Waals surface area contributed by atoms with E-state index in [1.807, 2.05) is 59.4 Å². The predicted molar refractivity (Wildman–Crippen MR) is 81.7 cm³/mol. The van der Waals surface area contributed by atoms with Gasteiger partial charge < -0.3 is 4.42 Å². The minimum Gasteiger partial charge on any atom is -0.462 e. The third-order valence-electron chi connectivity index (χ3n) is 3.37. The molecule has 4 aromatic rings. The Bertz CT molecular complexity index is 984. The lowest BCUT2D eigenvalue weighted by Gasteiger charge is -2.05. The van der Waals surface area contributed by atoms with Gasteiger partial charge >= 0.3 is 0 Å². The van der Waals surface area contributed by atoms with Gasteiger partial charge in [0.2, 0.25) is 0 Å². The molecule has 2 aromatic carbocycles. The number of hydrogen-bond acceptors (Lipinski definition) is 3.